The Hall–Kier alpha value is -2.43. The van der Waals surface area contributed by atoms with Crippen LogP contribution in [-0.2, 0) is 19.6 Å². The summed E-state index contributed by atoms with van der Waals surface area (Å²) < 4.78 is 31.8. The number of anilines is 2. The summed E-state index contributed by atoms with van der Waals surface area (Å²) in [5.74, 6) is -0.896. The van der Waals surface area contributed by atoms with Gasteiger partial charge >= 0.3 is 0 Å². The predicted molar refractivity (Wildman–Crippen MR) is 123 cm³/mol. The van der Waals surface area contributed by atoms with Crippen molar-refractivity contribution in [3.63, 3.8) is 0 Å². The van der Waals surface area contributed by atoms with Crippen LogP contribution in [0.25, 0.3) is 0 Å². The number of halogens is 1. The third-order valence-electron chi connectivity index (χ3n) is 4.76. The molecule has 2 aromatic rings. The highest BCUT2D eigenvalue weighted by atomic mass is 79.9. The molecule has 0 unspecified atom stereocenters. The van der Waals surface area contributed by atoms with Gasteiger partial charge in [-0.3, -0.25) is 13.9 Å². The van der Waals surface area contributed by atoms with E-state index in [0.29, 0.717) is 30.1 Å². The molecule has 0 radical (unpaired) electrons. The second kappa shape index (κ2) is 10.3. The van der Waals surface area contributed by atoms with Gasteiger partial charge in [0.2, 0.25) is 15.9 Å². The lowest BCUT2D eigenvalue weighted by atomic mass is 10.1. The summed E-state index contributed by atoms with van der Waals surface area (Å²) in [5.41, 5.74) is 0.966. The SMILES string of the molecule is CS(=O)(=O)N(CC(=O)Nc1ccccc1C(=O)NC[C@H]1CCCO1)c1ccc(Br)cc1. The van der Waals surface area contributed by atoms with E-state index in [-0.39, 0.29) is 12.0 Å². The Bertz CT molecular complexity index is 1040. The molecular weight excluding hydrogens is 486 g/mol. The largest absolute Gasteiger partial charge is 0.376 e. The van der Waals surface area contributed by atoms with Gasteiger partial charge in [-0.1, -0.05) is 28.1 Å². The van der Waals surface area contributed by atoms with Crippen molar-refractivity contribution < 1.29 is 22.7 Å². The fourth-order valence-electron chi connectivity index (χ4n) is 3.22. The molecule has 166 valence electrons. The summed E-state index contributed by atoms with van der Waals surface area (Å²) >= 11 is 3.30. The van der Waals surface area contributed by atoms with E-state index in [1.807, 2.05) is 0 Å². The first-order chi connectivity index (χ1) is 14.7. The zero-order valence-electron chi connectivity index (χ0n) is 17.0. The number of sulfonamides is 1. The van der Waals surface area contributed by atoms with Crippen molar-refractivity contribution in [2.75, 3.05) is 35.6 Å². The Morgan fingerprint density at radius 1 is 1.16 bits per heavy atom. The van der Waals surface area contributed by atoms with Crippen LogP contribution < -0.4 is 14.9 Å². The maximum Gasteiger partial charge on any atom is 0.253 e. The number of rotatable bonds is 8. The number of nitrogens with zero attached hydrogens (tertiary/aromatic N) is 1. The molecule has 2 N–H and O–H groups in total. The first-order valence-corrected chi connectivity index (χ1v) is 12.4. The first-order valence-electron chi connectivity index (χ1n) is 9.76. The number of carbonyl (C=O) groups excluding carboxylic acids is 2. The van der Waals surface area contributed by atoms with Gasteiger partial charge in [-0.2, -0.15) is 0 Å². The molecule has 0 bridgehead atoms. The van der Waals surface area contributed by atoms with Crippen LogP contribution in [0.2, 0.25) is 0 Å². The number of hydrogen-bond acceptors (Lipinski definition) is 5. The Labute approximate surface area is 190 Å². The molecule has 10 heteroatoms. The molecule has 1 fully saturated rings. The Morgan fingerprint density at radius 3 is 2.52 bits per heavy atom. The molecule has 0 saturated carbocycles. The highest BCUT2D eigenvalue weighted by molar-refractivity contribution is 9.10. The molecule has 1 aliphatic rings. The van der Waals surface area contributed by atoms with E-state index in [1.165, 1.54) is 0 Å². The molecule has 2 aromatic carbocycles. The van der Waals surface area contributed by atoms with E-state index < -0.39 is 22.5 Å². The van der Waals surface area contributed by atoms with Crippen LogP contribution in [0, 0.1) is 0 Å². The number of benzene rings is 2. The molecule has 1 atom stereocenters. The summed E-state index contributed by atoms with van der Waals surface area (Å²) in [7, 11) is -3.70. The number of ether oxygens (including phenoxy) is 1. The van der Waals surface area contributed by atoms with Gasteiger partial charge in [-0.25, -0.2) is 8.42 Å². The molecule has 2 amide bonds. The zero-order chi connectivity index (χ0) is 22.4. The van der Waals surface area contributed by atoms with Crippen molar-refractivity contribution in [1.82, 2.24) is 5.32 Å². The van der Waals surface area contributed by atoms with Crippen molar-refractivity contribution in [2.45, 2.75) is 18.9 Å². The highest BCUT2D eigenvalue weighted by Crippen LogP contribution is 2.21. The van der Waals surface area contributed by atoms with Crippen LogP contribution in [0.5, 0.6) is 0 Å². The lowest BCUT2D eigenvalue weighted by molar-refractivity contribution is -0.114. The lowest BCUT2D eigenvalue weighted by Crippen LogP contribution is -2.38. The molecule has 8 nitrogen and oxygen atoms in total. The average Bonchev–Trinajstić information content (AvgIpc) is 3.24. The minimum absolute atomic E-state index is 0.0000634. The van der Waals surface area contributed by atoms with Crippen molar-refractivity contribution in [1.29, 1.82) is 0 Å². The first kappa shape index (κ1) is 23.2. The Kier molecular flexibility index (Phi) is 7.69. The number of para-hydroxylation sites is 1. The van der Waals surface area contributed by atoms with E-state index in [0.717, 1.165) is 27.9 Å². The van der Waals surface area contributed by atoms with Gasteiger partial charge in [0.25, 0.3) is 5.91 Å². The number of nitrogens with one attached hydrogen (secondary N) is 2. The van der Waals surface area contributed by atoms with Gasteiger partial charge in [-0.15, -0.1) is 0 Å². The molecule has 0 aliphatic carbocycles. The normalized spacial score (nSPS) is 16.0. The molecular formula is C21H24BrN3O5S. The number of hydrogen-bond donors (Lipinski definition) is 2. The van der Waals surface area contributed by atoms with Crippen LogP contribution in [0.3, 0.4) is 0 Å². The van der Waals surface area contributed by atoms with Gasteiger partial charge < -0.3 is 15.4 Å². The van der Waals surface area contributed by atoms with Gasteiger partial charge in [-0.05, 0) is 49.2 Å². The van der Waals surface area contributed by atoms with Crippen molar-refractivity contribution in [3.8, 4) is 0 Å². The minimum Gasteiger partial charge on any atom is -0.376 e. The summed E-state index contributed by atoms with van der Waals surface area (Å²) in [6.45, 7) is 0.668. The van der Waals surface area contributed by atoms with Crippen LogP contribution in [0.4, 0.5) is 11.4 Å². The molecule has 1 heterocycles. The maximum absolute atomic E-state index is 12.7. The van der Waals surface area contributed by atoms with Crippen LogP contribution in [0.1, 0.15) is 23.2 Å². The standard InChI is InChI=1S/C21H24BrN3O5S/c1-31(28,29)25(16-10-8-15(22)9-11-16)14-20(26)24-19-7-3-2-6-18(19)21(27)23-13-17-5-4-12-30-17/h2-3,6-11,17H,4-5,12-14H2,1H3,(H,23,27)(H,24,26)/t17-/m1/s1. The topological polar surface area (TPSA) is 105 Å². The van der Waals surface area contributed by atoms with Crippen molar-refractivity contribution in [3.05, 3.63) is 58.6 Å². The molecule has 1 saturated heterocycles. The number of carbonyl (C=O) groups is 2. The zero-order valence-corrected chi connectivity index (χ0v) is 19.4. The van der Waals surface area contributed by atoms with Crippen LogP contribution >= 0.6 is 15.9 Å². The minimum atomic E-state index is -3.70. The summed E-state index contributed by atoms with van der Waals surface area (Å²) in [5, 5.41) is 5.48. The van der Waals surface area contributed by atoms with E-state index in [1.54, 1.807) is 48.5 Å². The van der Waals surface area contributed by atoms with Crippen molar-refractivity contribution >= 4 is 49.1 Å². The van der Waals surface area contributed by atoms with E-state index in [9.17, 15) is 18.0 Å². The van der Waals surface area contributed by atoms with Crippen LogP contribution in [-0.4, -0.2) is 52.3 Å². The third kappa shape index (κ3) is 6.52. The van der Waals surface area contributed by atoms with Crippen LogP contribution in [0.15, 0.2) is 53.0 Å². The molecule has 1 aliphatic heterocycles. The quantitative estimate of drug-likeness (QED) is 0.569. The fourth-order valence-corrected chi connectivity index (χ4v) is 4.35. The second-order valence-corrected chi connectivity index (χ2v) is 10.0. The predicted octanol–water partition coefficient (Wildman–Crippen LogP) is 2.76. The van der Waals surface area contributed by atoms with E-state index in [2.05, 4.69) is 26.6 Å². The smallest absolute Gasteiger partial charge is 0.253 e. The second-order valence-electron chi connectivity index (χ2n) is 7.18. The van der Waals surface area contributed by atoms with E-state index >= 15 is 0 Å². The van der Waals surface area contributed by atoms with Crippen molar-refractivity contribution in [2.24, 2.45) is 0 Å². The van der Waals surface area contributed by atoms with E-state index in [4.69, 9.17) is 4.74 Å². The third-order valence-corrected chi connectivity index (χ3v) is 6.43. The monoisotopic (exact) mass is 509 g/mol. The molecule has 0 aromatic heterocycles. The van der Waals surface area contributed by atoms with Gasteiger partial charge in [0.15, 0.2) is 0 Å². The molecule has 31 heavy (non-hydrogen) atoms. The summed E-state index contributed by atoms with van der Waals surface area (Å²) in [4.78, 5) is 25.3. The summed E-state index contributed by atoms with van der Waals surface area (Å²) in [6.07, 6.45) is 2.91. The van der Waals surface area contributed by atoms with Gasteiger partial charge in [0, 0.05) is 17.6 Å². The fraction of sp³-hybridized carbons (Fsp3) is 0.333. The van der Waals surface area contributed by atoms with Gasteiger partial charge in [0.1, 0.15) is 6.54 Å². The highest BCUT2D eigenvalue weighted by Gasteiger charge is 2.22. The molecule has 3 rings (SSSR count). The summed E-state index contributed by atoms with van der Waals surface area (Å²) in [6, 6.07) is 13.2. The Morgan fingerprint density at radius 2 is 1.87 bits per heavy atom. The average molecular weight is 510 g/mol. The van der Waals surface area contributed by atoms with Gasteiger partial charge in [0.05, 0.1) is 29.3 Å². The Balaban J connectivity index is 1.70. The number of amides is 2. The molecule has 0 spiro atoms. The maximum atomic E-state index is 12.7. The lowest BCUT2D eigenvalue weighted by Gasteiger charge is -2.22.